The summed E-state index contributed by atoms with van der Waals surface area (Å²) < 4.78 is 0. The molecule has 414 valence electrons. The first kappa shape index (κ1) is 69.0. The summed E-state index contributed by atoms with van der Waals surface area (Å²) in [6.07, 6.45) is 94.1. The van der Waals surface area contributed by atoms with Crippen LogP contribution in [0.1, 0.15) is 296 Å². The Balaban J connectivity index is 3.55. The summed E-state index contributed by atoms with van der Waals surface area (Å²) in [7, 11) is 0. The van der Waals surface area contributed by atoms with Crippen LogP contribution in [0.5, 0.6) is 0 Å². The first-order valence-corrected chi connectivity index (χ1v) is 31.1. The lowest BCUT2D eigenvalue weighted by molar-refractivity contribution is -0.123. The number of aliphatic hydroxyl groups is 2. The van der Waals surface area contributed by atoms with Crippen molar-refractivity contribution >= 4 is 5.91 Å². The Kier molecular flexibility index (Phi) is 59.8. The van der Waals surface area contributed by atoms with Gasteiger partial charge in [0.25, 0.3) is 0 Å². The number of hydrogen-bond acceptors (Lipinski definition) is 3. The van der Waals surface area contributed by atoms with Gasteiger partial charge in [0.1, 0.15) is 0 Å². The monoisotopic (exact) mass is 998 g/mol. The van der Waals surface area contributed by atoms with Gasteiger partial charge in [-0.1, -0.05) is 316 Å². The fourth-order valence-corrected chi connectivity index (χ4v) is 9.08. The zero-order valence-corrected chi connectivity index (χ0v) is 47.7. The standard InChI is InChI=1S/C68H119NO3/c1-3-5-7-9-11-13-15-17-19-21-23-25-27-28-29-30-31-32-33-34-35-36-37-38-39-40-42-44-46-48-50-52-54-56-58-60-62-64-68(72)69-66(65-70)67(71)63-61-59-57-55-53-51-49-47-45-43-41-26-24-22-20-18-16-14-12-10-8-6-4-2/h5,7,11,13,17,19,23,25,28-29,31-32,34-35,37-38,61,63,66-67,70-71H,3-4,6,8-10,12,14-16,18,20-22,24,26-27,30,33,36,39-60,62,64-65H2,1-2H3,(H,69,72)/b7-5-,13-11-,19-17-,25-23-,29-28-,32-31-,35-34-,38-37-,63-61+. The van der Waals surface area contributed by atoms with E-state index < -0.39 is 12.1 Å². The number of unbranched alkanes of at least 4 members (excludes halogenated alkanes) is 33. The first-order valence-electron chi connectivity index (χ1n) is 31.1. The van der Waals surface area contributed by atoms with Crippen molar-refractivity contribution in [2.45, 2.75) is 309 Å². The van der Waals surface area contributed by atoms with Crippen LogP contribution in [0.25, 0.3) is 0 Å². The average molecular weight is 999 g/mol. The second kappa shape index (κ2) is 62.3. The molecule has 4 heteroatoms. The molecule has 3 N–H and O–H groups in total. The Bertz CT molecular complexity index is 1360. The van der Waals surface area contributed by atoms with E-state index in [0.29, 0.717) is 6.42 Å². The van der Waals surface area contributed by atoms with Crippen LogP contribution >= 0.6 is 0 Å². The third-order valence-electron chi connectivity index (χ3n) is 13.8. The van der Waals surface area contributed by atoms with E-state index in [2.05, 4.69) is 116 Å². The van der Waals surface area contributed by atoms with Gasteiger partial charge in [0.05, 0.1) is 18.8 Å². The van der Waals surface area contributed by atoms with E-state index in [9.17, 15) is 15.0 Å². The van der Waals surface area contributed by atoms with Crippen LogP contribution in [-0.2, 0) is 4.79 Å². The van der Waals surface area contributed by atoms with Crippen LogP contribution in [0.2, 0.25) is 0 Å². The molecule has 0 aliphatic rings. The molecule has 72 heavy (non-hydrogen) atoms. The van der Waals surface area contributed by atoms with Gasteiger partial charge in [-0.3, -0.25) is 4.79 Å². The Morgan fingerprint density at radius 3 is 0.917 bits per heavy atom. The largest absolute Gasteiger partial charge is 0.394 e. The number of nitrogens with one attached hydrogen (secondary N) is 1. The summed E-state index contributed by atoms with van der Waals surface area (Å²) in [6.45, 7) is 4.21. The molecule has 0 aliphatic carbocycles. The van der Waals surface area contributed by atoms with Crippen LogP contribution in [0.3, 0.4) is 0 Å². The van der Waals surface area contributed by atoms with Gasteiger partial charge in [0, 0.05) is 6.42 Å². The van der Waals surface area contributed by atoms with Gasteiger partial charge in [-0.05, 0) is 83.5 Å². The van der Waals surface area contributed by atoms with Gasteiger partial charge in [0.15, 0.2) is 0 Å². The van der Waals surface area contributed by atoms with Gasteiger partial charge in [-0.2, -0.15) is 0 Å². The molecule has 0 saturated carbocycles. The average Bonchev–Trinajstić information content (AvgIpc) is 3.39. The minimum absolute atomic E-state index is 0.0672. The van der Waals surface area contributed by atoms with E-state index in [0.717, 1.165) is 77.0 Å². The van der Waals surface area contributed by atoms with Gasteiger partial charge in [-0.15, -0.1) is 0 Å². The molecule has 0 spiro atoms. The highest BCUT2D eigenvalue weighted by Crippen LogP contribution is 2.17. The highest BCUT2D eigenvalue weighted by Gasteiger charge is 2.18. The summed E-state index contributed by atoms with van der Waals surface area (Å²) >= 11 is 0. The van der Waals surface area contributed by atoms with E-state index in [1.807, 2.05) is 6.08 Å². The summed E-state index contributed by atoms with van der Waals surface area (Å²) in [5.41, 5.74) is 0. The van der Waals surface area contributed by atoms with E-state index in [4.69, 9.17) is 0 Å². The van der Waals surface area contributed by atoms with E-state index in [-0.39, 0.29) is 12.5 Å². The Morgan fingerprint density at radius 1 is 0.347 bits per heavy atom. The molecular formula is C68H119NO3. The second-order valence-electron chi connectivity index (χ2n) is 20.7. The molecule has 0 heterocycles. The number of amides is 1. The highest BCUT2D eigenvalue weighted by atomic mass is 16.3. The minimum atomic E-state index is -0.847. The third-order valence-corrected chi connectivity index (χ3v) is 13.8. The van der Waals surface area contributed by atoms with Gasteiger partial charge in [0.2, 0.25) is 5.91 Å². The number of rotatable bonds is 56. The number of hydrogen-bond donors (Lipinski definition) is 3. The van der Waals surface area contributed by atoms with E-state index in [1.54, 1.807) is 6.08 Å². The molecule has 0 saturated heterocycles. The first-order chi connectivity index (χ1) is 35.7. The molecule has 0 aromatic rings. The molecule has 0 aromatic carbocycles. The van der Waals surface area contributed by atoms with Crippen LogP contribution in [0, 0.1) is 0 Å². The fourth-order valence-electron chi connectivity index (χ4n) is 9.08. The van der Waals surface area contributed by atoms with Crippen molar-refractivity contribution in [1.82, 2.24) is 5.32 Å². The molecule has 0 fully saturated rings. The maximum atomic E-state index is 12.5. The van der Waals surface area contributed by atoms with Crippen molar-refractivity contribution in [1.29, 1.82) is 0 Å². The Hall–Kier alpha value is -2.95. The normalized spacial score (nSPS) is 13.6. The van der Waals surface area contributed by atoms with Gasteiger partial charge >= 0.3 is 0 Å². The van der Waals surface area contributed by atoms with Crippen molar-refractivity contribution in [3.05, 3.63) is 109 Å². The lowest BCUT2D eigenvalue weighted by atomic mass is 10.0. The number of carbonyl (C=O) groups excluding carboxylic acids is 1. The molecule has 1 amide bonds. The highest BCUT2D eigenvalue weighted by molar-refractivity contribution is 5.76. The van der Waals surface area contributed by atoms with Gasteiger partial charge in [-0.25, -0.2) is 0 Å². The van der Waals surface area contributed by atoms with Crippen molar-refractivity contribution in [3.8, 4) is 0 Å². The molecule has 0 rings (SSSR count). The van der Waals surface area contributed by atoms with Crippen molar-refractivity contribution < 1.29 is 15.0 Å². The Labute approximate surface area is 448 Å². The molecular weight excluding hydrogens is 879 g/mol. The second-order valence-corrected chi connectivity index (χ2v) is 20.7. The van der Waals surface area contributed by atoms with Crippen LogP contribution in [0.15, 0.2) is 109 Å². The summed E-state index contributed by atoms with van der Waals surface area (Å²) in [4.78, 5) is 12.5. The quantitative estimate of drug-likeness (QED) is 0.0420. The topological polar surface area (TPSA) is 69.6 Å². The van der Waals surface area contributed by atoms with Crippen molar-refractivity contribution in [2.24, 2.45) is 0 Å². The molecule has 0 radical (unpaired) electrons. The Morgan fingerprint density at radius 2 is 0.611 bits per heavy atom. The summed E-state index contributed by atoms with van der Waals surface area (Å²) in [5.74, 6) is -0.0672. The van der Waals surface area contributed by atoms with Crippen LogP contribution in [-0.4, -0.2) is 34.9 Å². The predicted molar refractivity (Wildman–Crippen MR) is 322 cm³/mol. The lowest BCUT2D eigenvalue weighted by Gasteiger charge is -2.20. The minimum Gasteiger partial charge on any atom is -0.394 e. The molecule has 2 atom stereocenters. The molecule has 2 unspecified atom stereocenters. The molecule has 0 aromatic heterocycles. The molecule has 0 bridgehead atoms. The lowest BCUT2D eigenvalue weighted by Crippen LogP contribution is -2.45. The van der Waals surface area contributed by atoms with E-state index in [1.165, 1.54) is 199 Å². The predicted octanol–water partition coefficient (Wildman–Crippen LogP) is 21.0. The van der Waals surface area contributed by atoms with Crippen molar-refractivity contribution in [3.63, 3.8) is 0 Å². The van der Waals surface area contributed by atoms with Crippen LogP contribution < -0.4 is 5.32 Å². The maximum Gasteiger partial charge on any atom is 0.220 e. The van der Waals surface area contributed by atoms with Gasteiger partial charge < -0.3 is 15.5 Å². The zero-order valence-electron chi connectivity index (χ0n) is 47.7. The third kappa shape index (κ3) is 57.9. The smallest absolute Gasteiger partial charge is 0.220 e. The zero-order chi connectivity index (χ0) is 52.0. The molecule has 4 nitrogen and oxygen atoms in total. The number of carbonyl (C=O) groups is 1. The summed E-state index contributed by atoms with van der Waals surface area (Å²) in [6, 6.07) is -0.631. The van der Waals surface area contributed by atoms with E-state index >= 15 is 0 Å². The molecule has 0 aliphatic heterocycles. The van der Waals surface area contributed by atoms with Crippen molar-refractivity contribution in [2.75, 3.05) is 6.61 Å². The van der Waals surface area contributed by atoms with Crippen LogP contribution in [0.4, 0.5) is 0 Å². The summed E-state index contributed by atoms with van der Waals surface area (Å²) in [5, 5.41) is 23.2. The SMILES string of the molecule is CC/C=C\C/C=C\C/C=C\C/C=C\C/C=C\C/C=C\C/C=C\C/C=C\CCCCCCCCCCCCCCC(=O)NC(CO)C(O)/C=C/CCCCCCCCCCCCCCCCCCCCCCC. The fraction of sp³-hybridized carbons (Fsp3) is 0.721. The maximum absolute atomic E-state index is 12.5. The number of allylic oxidation sites excluding steroid dienone is 17. The number of aliphatic hydroxyl groups excluding tert-OH is 2.